The van der Waals surface area contributed by atoms with Crippen molar-refractivity contribution in [3.05, 3.63) is 53.6 Å². The molecule has 0 saturated carbocycles. The van der Waals surface area contributed by atoms with E-state index in [9.17, 15) is 9.59 Å². The second kappa shape index (κ2) is 9.28. The van der Waals surface area contributed by atoms with E-state index in [-0.39, 0.29) is 5.91 Å². The van der Waals surface area contributed by atoms with Gasteiger partial charge in [-0.2, -0.15) is 0 Å². The number of quaternary nitrogens is 1. The number of carbonyl (C=O) groups excluding carboxylic acids is 2. The van der Waals surface area contributed by atoms with E-state index in [1.807, 2.05) is 41.3 Å². The molecule has 0 aliphatic carbocycles. The van der Waals surface area contributed by atoms with Crippen LogP contribution in [0.5, 0.6) is 0 Å². The van der Waals surface area contributed by atoms with E-state index < -0.39 is 6.09 Å². The Bertz CT molecular complexity index is 924. The molecule has 2 aromatic carbocycles. The number of aryl methyl sites for hydroxylation is 2. The van der Waals surface area contributed by atoms with Crippen molar-refractivity contribution in [1.82, 2.24) is 0 Å². The summed E-state index contributed by atoms with van der Waals surface area (Å²) >= 11 is 0. The van der Waals surface area contributed by atoms with Crippen LogP contribution in [0.4, 0.5) is 21.9 Å². The first-order valence-electron chi connectivity index (χ1n) is 10.5. The van der Waals surface area contributed by atoms with Crippen molar-refractivity contribution in [2.24, 2.45) is 0 Å². The molecule has 158 valence electrons. The largest absolute Gasteiger partial charge is 0.453 e. The average molecular weight is 410 g/mol. The molecule has 2 heterocycles. The van der Waals surface area contributed by atoms with Crippen LogP contribution in [0, 0.1) is 0 Å². The van der Waals surface area contributed by atoms with Crippen molar-refractivity contribution in [2.75, 3.05) is 50.2 Å². The zero-order valence-corrected chi connectivity index (χ0v) is 17.3. The van der Waals surface area contributed by atoms with Gasteiger partial charge in [0.05, 0.1) is 44.7 Å². The number of nitrogens with zero attached hydrogens (tertiary/aromatic N) is 1. The number of nitrogens with one attached hydrogen (secondary N) is 2. The molecule has 1 saturated heterocycles. The third kappa shape index (κ3) is 4.47. The van der Waals surface area contributed by atoms with Crippen molar-refractivity contribution in [2.45, 2.75) is 19.3 Å². The van der Waals surface area contributed by atoms with Crippen LogP contribution in [0.2, 0.25) is 0 Å². The van der Waals surface area contributed by atoms with Crippen LogP contribution in [-0.4, -0.2) is 52.0 Å². The maximum absolute atomic E-state index is 13.5. The van der Waals surface area contributed by atoms with Gasteiger partial charge in [0.25, 0.3) is 0 Å². The normalized spacial score (nSPS) is 16.2. The number of amides is 2. The molecule has 7 nitrogen and oxygen atoms in total. The van der Waals surface area contributed by atoms with Crippen LogP contribution in [0.25, 0.3) is 0 Å². The Morgan fingerprint density at radius 2 is 1.80 bits per heavy atom. The maximum Gasteiger partial charge on any atom is 0.411 e. The predicted molar refractivity (Wildman–Crippen MR) is 114 cm³/mol. The van der Waals surface area contributed by atoms with Gasteiger partial charge in [-0.15, -0.1) is 0 Å². The number of para-hydroxylation sites is 1. The van der Waals surface area contributed by atoms with Gasteiger partial charge in [0.1, 0.15) is 13.1 Å². The van der Waals surface area contributed by atoms with Crippen molar-refractivity contribution in [1.29, 1.82) is 0 Å². The fourth-order valence-electron chi connectivity index (χ4n) is 4.14. The first-order chi connectivity index (χ1) is 14.7. The fraction of sp³-hybridized carbons (Fsp3) is 0.391. The summed E-state index contributed by atoms with van der Waals surface area (Å²) in [6.07, 6.45) is 1.63. The number of anilines is 3. The highest BCUT2D eigenvalue weighted by Crippen LogP contribution is 2.38. The highest BCUT2D eigenvalue weighted by atomic mass is 16.5. The second-order valence-corrected chi connectivity index (χ2v) is 7.68. The number of benzene rings is 2. The molecular weight excluding hydrogens is 382 g/mol. The van der Waals surface area contributed by atoms with Gasteiger partial charge in [0, 0.05) is 5.69 Å². The lowest BCUT2D eigenvalue weighted by molar-refractivity contribution is -0.907. The number of morpholine rings is 1. The van der Waals surface area contributed by atoms with E-state index in [0.29, 0.717) is 12.1 Å². The molecule has 0 spiro atoms. The van der Waals surface area contributed by atoms with E-state index in [1.165, 1.54) is 12.0 Å². The minimum atomic E-state index is -0.530. The number of fused-ring (bicyclic) bond motifs is 2. The van der Waals surface area contributed by atoms with Crippen LogP contribution in [-0.2, 0) is 27.1 Å². The Balaban J connectivity index is 1.65. The topological polar surface area (TPSA) is 72.3 Å². The van der Waals surface area contributed by atoms with Gasteiger partial charge in [-0.3, -0.25) is 15.0 Å². The lowest BCUT2D eigenvalue weighted by Gasteiger charge is -2.27. The molecule has 2 aromatic rings. The molecular formula is C23H28N3O4+. The van der Waals surface area contributed by atoms with E-state index >= 15 is 0 Å². The SMILES string of the molecule is COC(=O)Nc1ccc2c(c1)N(C(=O)CC[NH+]1CCOCC1)c1ccccc1CC2. The number of ether oxygens (including phenoxy) is 2. The summed E-state index contributed by atoms with van der Waals surface area (Å²) in [7, 11) is 1.33. The summed E-state index contributed by atoms with van der Waals surface area (Å²) in [6.45, 7) is 4.17. The van der Waals surface area contributed by atoms with Crippen LogP contribution >= 0.6 is 0 Å². The van der Waals surface area contributed by atoms with Crippen LogP contribution in [0.15, 0.2) is 42.5 Å². The Morgan fingerprint density at radius 3 is 2.57 bits per heavy atom. The highest BCUT2D eigenvalue weighted by molar-refractivity contribution is 6.03. The number of hydrogen-bond donors (Lipinski definition) is 2. The van der Waals surface area contributed by atoms with Crippen LogP contribution < -0.4 is 15.1 Å². The van der Waals surface area contributed by atoms with Crippen molar-refractivity contribution >= 4 is 29.1 Å². The molecule has 30 heavy (non-hydrogen) atoms. The minimum Gasteiger partial charge on any atom is -0.453 e. The van der Waals surface area contributed by atoms with Gasteiger partial charge >= 0.3 is 6.09 Å². The van der Waals surface area contributed by atoms with Crippen molar-refractivity contribution < 1.29 is 24.0 Å². The summed E-state index contributed by atoms with van der Waals surface area (Å²) in [5.41, 5.74) is 4.61. The molecule has 0 radical (unpaired) electrons. The van der Waals surface area contributed by atoms with Crippen LogP contribution in [0.1, 0.15) is 17.5 Å². The lowest BCUT2D eigenvalue weighted by atomic mass is 10.0. The van der Waals surface area contributed by atoms with Gasteiger partial charge < -0.3 is 14.4 Å². The minimum absolute atomic E-state index is 0.0693. The molecule has 2 aliphatic heterocycles. The van der Waals surface area contributed by atoms with E-state index in [4.69, 9.17) is 9.47 Å². The predicted octanol–water partition coefficient (Wildman–Crippen LogP) is 1.93. The summed E-state index contributed by atoms with van der Waals surface area (Å²) in [5, 5.41) is 2.71. The highest BCUT2D eigenvalue weighted by Gasteiger charge is 2.27. The zero-order chi connectivity index (χ0) is 20.9. The first-order valence-corrected chi connectivity index (χ1v) is 10.5. The number of rotatable bonds is 4. The molecule has 0 aromatic heterocycles. The molecule has 2 aliphatic rings. The Kier molecular flexibility index (Phi) is 6.30. The summed E-state index contributed by atoms with van der Waals surface area (Å²) in [4.78, 5) is 28.4. The third-order valence-electron chi connectivity index (χ3n) is 5.80. The fourth-order valence-corrected chi connectivity index (χ4v) is 4.14. The third-order valence-corrected chi connectivity index (χ3v) is 5.80. The molecule has 0 bridgehead atoms. The van der Waals surface area contributed by atoms with Crippen molar-refractivity contribution in [3.8, 4) is 0 Å². The van der Waals surface area contributed by atoms with Crippen LogP contribution in [0.3, 0.4) is 0 Å². The molecule has 1 fully saturated rings. The quantitative estimate of drug-likeness (QED) is 0.808. The standard InChI is InChI=1S/C23H27N3O4/c1-29-23(28)24-19-9-8-18-7-6-17-4-2-3-5-20(17)26(21(18)16-19)22(27)10-11-25-12-14-30-15-13-25/h2-5,8-9,16H,6-7,10-15H2,1H3,(H,24,28)/p+1. The number of hydrogen-bond acceptors (Lipinski definition) is 4. The number of carbonyl (C=O) groups is 2. The smallest absolute Gasteiger partial charge is 0.411 e. The Labute approximate surface area is 176 Å². The molecule has 2 amide bonds. The first kappa shape index (κ1) is 20.4. The summed E-state index contributed by atoms with van der Waals surface area (Å²) in [6, 6.07) is 13.8. The Hall–Kier alpha value is -2.90. The molecule has 0 atom stereocenters. The molecule has 7 heteroatoms. The van der Waals surface area contributed by atoms with Crippen molar-refractivity contribution in [3.63, 3.8) is 0 Å². The Morgan fingerprint density at radius 1 is 1.07 bits per heavy atom. The van der Waals surface area contributed by atoms with Gasteiger partial charge in [-0.05, 0) is 42.2 Å². The monoisotopic (exact) mass is 410 g/mol. The van der Waals surface area contributed by atoms with E-state index in [1.54, 1.807) is 0 Å². The van der Waals surface area contributed by atoms with Gasteiger partial charge in [0.2, 0.25) is 5.91 Å². The van der Waals surface area contributed by atoms with E-state index in [2.05, 4.69) is 11.4 Å². The molecule has 0 unspecified atom stereocenters. The van der Waals surface area contributed by atoms with E-state index in [0.717, 1.165) is 68.2 Å². The summed E-state index contributed by atoms with van der Waals surface area (Å²) < 4.78 is 10.1. The molecule has 2 N–H and O–H groups in total. The lowest BCUT2D eigenvalue weighted by Crippen LogP contribution is -3.14. The van der Waals surface area contributed by atoms with Gasteiger partial charge in [-0.25, -0.2) is 4.79 Å². The van der Waals surface area contributed by atoms with Gasteiger partial charge in [-0.1, -0.05) is 24.3 Å². The molecule has 4 rings (SSSR count). The second-order valence-electron chi connectivity index (χ2n) is 7.68. The van der Waals surface area contributed by atoms with Gasteiger partial charge in [0.15, 0.2) is 0 Å². The zero-order valence-electron chi connectivity index (χ0n) is 17.3. The maximum atomic E-state index is 13.5. The average Bonchev–Trinajstić information content (AvgIpc) is 2.94. The number of methoxy groups -OCH3 is 1. The summed E-state index contributed by atoms with van der Waals surface area (Å²) in [5.74, 6) is 0.0693.